The van der Waals surface area contributed by atoms with Gasteiger partial charge in [0.25, 0.3) is 0 Å². The van der Waals surface area contributed by atoms with Crippen LogP contribution in [0, 0.1) is 28.6 Å². The Balaban J connectivity index is 1.48. The van der Waals surface area contributed by atoms with Crippen LogP contribution in [0.15, 0.2) is 28.9 Å². The fourth-order valence-electron chi connectivity index (χ4n) is 8.32. The van der Waals surface area contributed by atoms with E-state index in [9.17, 15) is 9.90 Å². The first-order chi connectivity index (χ1) is 16.6. The van der Waals surface area contributed by atoms with Gasteiger partial charge in [-0.05, 0) is 74.7 Å². The highest BCUT2D eigenvalue weighted by Crippen LogP contribution is 2.74. The van der Waals surface area contributed by atoms with Gasteiger partial charge in [-0.3, -0.25) is 4.79 Å². The smallest absolute Gasteiger partial charge is 0.192 e. The second-order valence-electron chi connectivity index (χ2n) is 13.8. The molecular formula is C28H43FN2O4Si. The largest absolute Gasteiger partial charge is 0.409 e. The summed E-state index contributed by atoms with van der Waals surface area (Å²) in [6.07, 6.45) is 6.60. The molecule has 3 saturated carbocycles. The topological polar surface area (TPSA) is 94.1 Å². The van der Waals surface area contributed by atoms with Crippen LogP contribution >= 0.6 is 0 Å². The minimum Gasteiger partial charge on any atom is -0.409 e. The van der Waals surface area contributed by atoms with Crippen LogP contribution in [0.3, 0.4) is 0 Å². The van der Waals surface area contributed by atoms with Gasteiger partial charge in [-0.1, -0.05) is 39.3 Å². The number of Topliss-reactive ketones (excluding diaryl/α,β-unsaturated/α-hetero) is 1. The molecule has 8 heteroatoms. The SMILES string of the molecule is C[C@@H]1C[C@H]2[C@@H]3CCC4=C/C(=N/N)C=C[C@]4(C)[C@@]3(F)[C@@H](O)C[C@@]23CO[C@]13C(=O)CO[Si](C)(C)C(C)(C)C. The number of carbonyl (C=O) groups is 1. The van der Waals surface area contributed by atoms with Gasteiger partial charge in [-0.2, -0.15) is 5.10 Å². The van der Waals surface area contributed by atoms with Gasteiger partial charge in [-0.15, -0.1) is 0 Å². The van der Waals surface area contributed by atoms with E-state index in [1.807, 2.05) is 19.1 Å². The van der Waals surface area contributed by atoms with E-state index in [4.69, 9.17) is 15.0 Å². The quantitative estimate of drug-likeness (QED) is 0.320. The summed E-state index contributed by atoms with van der Waals surface area (Å²) in [6, 6.07) is 0. The molecule has 0 bridgehead atoms. The van der Waals surface area contributed by atoms with Crippen LogP contribution in [0.2, 0.25) is 18.1 Å². The molecule has 0 aromatic heterocycles. The molecule has 0 amide bonds. The van der Waals surface area contributed by atoms with Gasteiger partial charge in [0.05, 0.1) is 25.0 Å². The number of allylic oxidation sites excluding steroid dienone is 4. The zero-order valence-corrected chi connectivity index (χ0v) is 23.9. The number of nitrogens with two attached hydrogens (primary N) is 1. The van der Waals surface area contributed by atoms with E-state index in [1.165, 1.54) is 0 Å². The number of hydrogen-bond donors (Lipinski definition) is 2. The van der Waals surface area contributed by atoms with Gasteiger partial charge in [0.15, 0.2) is 19.8 Å². The molecule has 0 aromatic rings. The van der Waals surface area contributed by atoms with E-state index >= 15 is 4.39 Å². The molecule has 0 radical (unpaired) electrons. The number of aliphatic hydroxyl groups is 1. The van der Waals surface area contributed by atoms with Crippen LogP contribution in [-0.4, -0.2) is 55.5 Å². The van der Waals surface area contributed by atoms with E-state index < -0.39 is 36.5 Å². The number of carbonyl (C=O) groups excluding carboxylic acids is 1. The molecule has 1 saturated heterocycles. The average molecular weight is 519 g/mol. The van der Waals surface area contributed by atoms with Gasteiger partial charge in [0.2, 0.25) is 0 Å². The fourth-order valence-corrected chi connectivity index (χ4v) is 9.25. The number of ketones is 1. The summed E-state index contributed by atoms with van der Waals surface area (Å²) in [5.74, 6) is 5.04. The third kappa shape index (κ3) is 2.99. The monoisotopic (exact) mass is 518 g/mol. The Bertz CT molecular complexity index is 1070. The maximum atomic E-state index is 17.5. The molecule has 1 aliphatic heterocycles. The molecule has 4 fully saturated rings. The van der Waals surface area contributed by atoms with Crippen LogP contribution < -0.4 is 5.84 Å². The number of halogens is 1. The van der Waals surface area contributed by atoms with Gasteiger partial charge in [-0.25, -0.2) is 4.39 Å². The molecule has 36 heavy (non-hydrogen) atoms. The van der Waals surface area contributed by atoms with Crippen molar-refractivity contribution in [1.29, 1.82) is 0 Å². The number of rotatable bonds is 4. The molecule has 0 unspecified atom stereocenters. The van der Waals surface area contributed by atoms with Crippen molar-refractivity contribution in [3.05, 3.63) is 23.8 Å². The first-order valence-corrected chi connectivity index (χ1v) is 16.4. The van der Waals surface area contributed by atoms with Crippen LogP contribution in [-0.2, 0) is 14.0 Å². The highest BCUT2D eigenvalue weighted by molar-refractivity contribution is 6.74. The van der Waals surface area contributed by atoms with Crippen molar-refractivity contribution in [2.45, 2.75) is 95.8 Å². The molecule has 1 heterocycles. The molecule has 8 atom stereocenters. The summed E-state index contributed by atoms with van der Waals surface area (Å²) in [5.41, 5.74) is -2.74. The van der Waals surface area contributed by atoms with Crippen LogP contribution in [0.4, 0.5) is 4.39 Å². The Morgan fingerprint density at radius 3 is 2.64 bits per heavy atom. The number of hydrazone groups is 1. The van der Waals surface area contributed by atoms with Gasteiger partial charge in [0.1, 0.15) is 5.60 Å². The summed E-state index contributed by atoms with van der Waals surface area (Å²) in [5, 5.41) is 15.4. The zero-order valence-electron chi connectivity index (χ0n) is 22.9. The third-order valence-electron chi connectivity index (χ3n) is 11.4. The van der Waals surface area contributed by atoms with Crippen LogP contribution in [0.1, 0.15) is 60.3 Å². The maximum absolute atomic E-state index is 17.5. The number of alkyl halides is 1. The van der Waals surface area contributed by atoms with Crippen molar-refractivity contribution in [2.75, 3.05) is 13.2 Å². The molecule has 5 aliphatic rings. The van der Waals surface area contributed by atoms with Crippen LogP contribution in [0.5, 0.6) is 0 Å². The molecular weight excluding hydrogens is 475 g/mol. The van der Waals surface area contributed by atoms with Crippen molar-refractivity contribution >= 4 is 19.8 Å². The third-order valence-corrected chi connectivity index (χ3v) is 15.9. The first-order valence-electron chi connectivity index (χ1n) is 13.5. The number of aliphatic hydroxyl groups excluding tert-OH is 1. The average Bonchev–Trinajstić information content (AvgIpc) is 2.94. The van der Waals surface area contributed by atoms with Crippen molar-refractivity contribution in [1.82, 2.24) is 0 Å². The first kappa shape index (κ1) is 26.3. The lowest BCUT2D eigenvalue weighted by Gasteiger charge is -2.67. The minimum absolute atomic E-state index is 0.00739. The number of hydrogen-bond acceptors (Lipinski definition) is 6. The van der Waals surface area contributed by atoms with E-state index in [0.29, 0.717) is 18.7 Å². The highest BCUT2D eigenvalue weighted by Gasteiger charge is 2.81. The lowest BCUT2D eigenvalue weighted by Crippen LogP contribution is -2.76. The lowest BCUT2D eigenvalue weighted by atomic mass is 9.43. The summed E-state index contributed by atoms with van der Waals surface area (Å²) in [7, 11) is -2.13. The minimum atomic E-state index is -2.13. The second kappa shape index (κ2) is 7.84. The fraction of sp³-hybridized carbons (Fsp3) is 0.786. The normalized spacial score (nSPS) is 46.8. The van der Waals surface area contributed by atoms with Crippen molar-refractivity contribution in [3.63, 3.8) is 0 Å². The Labute approximate surface area is 215 Å². The predicted octanol–water partition coefficient (Wildman–Crippen LogP) is 4.69. The van der Waals surface area contributed by atoms with E-state index in [1.54, 1.807) is 6.08 Å². The van der Waals surface area contributed by atoms with Crippen LogP contribution in [0.25, 0.3) is 0 Å². The maximum Gasteiger partial charge on any atom is 0.192 e. The number of ether oxygens (including phenoxy) is 1. The Kier molecular flexibility index (Phi) is 5.72. The Morgan fingerprint density at radius 1 is 1.36 bits per heavy atom. The van der Waals surface area contributed by atoms with Gasteiger partial charge < -0.3 is 20.1 Å². The number of nitrogens with zero attached hydrogens (tertiary/aromatic N) is 1. The van der Waals surface area contributed by atoms with Crippen molar-refractivity contribution < 1.29 is 23.5 Å². The summed E-state index contributed by atoms with van der Waals surface area (Å²) < 4.78 is 30.0. The highest BCUT2D eigenvalue weighted by atomic mass is 28.4. The van der Waals surface area contributed by atoms with E-state index in [2.05, 4.69) is 45.9 Å². The Hall–Kier alpha value is -1.35. The van der Waals surface area contributed by atoms with Crippen molar-refractivity contribution in [2.24, 2.45) is 39.5 Å². The number of fused-ring (bicyclic) bond motifs is 4. The molecule has 4 aliphatic carbocycles. The van der Waals surface area contributed by atoms with Crippen molar-refractivity contribution in [3.8, 4) is 0 Å². The van der Waals surface area contributed by atoms with E-state index in [0.717, 1.165) is 18.4 Å². The molecule has 5 rings (SSSR count). The Morgan fingerprint density at radius 2 is 2.06 bits per heavy atom. The summed E-state index contributed by atoms with van der Waals surface area (Å²) in [4.78, 5) is 13.9. The molecule has 3 N–H and O–H groups in total. The second-order valence-corrected chi connectivity index (χ2v) is 18.6. The zero-order chi connectivity index (χ0) is 26.5. The molecule has 0 aromatic carbocycles. The molecule has 1 spiro atoms. The lowest BCUT2D eigenvalue weighted by molar-refractivity contribution is -0.309. The predicted molar refractivity (Wildman–Crippen MR) is 141 cm³/mol. The van der Waals surface area contributed by atoms with Gasteiger partial charge in [0, 0.05) is 16.7 Å². The standard InChI is InChI=1S/C28H43FN2O4Si/c1-17-12-21-20-9-8-18-13-19(31-30)10-11-25(18,5)27(20,29)22(32)14-26(21)16-34-28(17,26)23(33)15-35-36(6,7)24(2,3)4/h10-11,13,17,20-22,32H,8-9,12,14-16,30H2,1-7H3/b31-19+/t17-,20+,21+,22+,25+,26-,27+,28+/m1/s1. The summed E-state index contributed by atoms with van der Waals surface area (Å²) in [6.45, 7) is 15.1. The van der Waals surface area contributed by atoms with E-state index in [-0.39, 0.29) is 41.6 Å². The molecule has 6 nitrogen and oxygen atoms in total. The summed E-state index contributed by atoms with van der Waals surface area (Å²) >= 11 is 0. The molecule has 200 valence electrons. The van der Waals surface area contributed by atoms with Gasteiger partial charge >= 0.3 is 0 Å².